The summed E-state index contributed by atoms with van der Waals surface area (Å²) in [6.45, 7) is 50.2. The number of hydrogen-bond acceptors (Lipinski definition) is 0. The van der Waals surface area contributed by atoms with Crippen molar-refractivity contribution >= 4 is 0 Å². The molecule has 4 unspecified atom stereocenters. The molecule has 0 heterocycles. The lowest BCUT2D eigenvalue weighted by molar-refractivity contribution is 0.113. The van der Waals surface area contributed by atoms with E-state index in [9.17, 15) is 0 Å². The van der Waals surface area contributed by atoms with Gasteiger partial charge < -0.3 is 0 Å². The number of hydrogen-bond donors (Lipinski definition) is 0. The Balaban J connectivity index is 0.000000891. The van der Waals surface area contributed by atoms with Crippen LogP contribution in [0, 0.1) is 66.5 Å². The fraction of sp³-hybridized carbons (Fsp3) is 1.00. The maximum Gasteiger partial charge on any atom is -0.0303 e. The van der Waals surface area contributed by atoms with Crippen molar-refractivity contribution in [1.82, 2.24) is 0 Å². The highest BCUT2D eigenvalue weighted by Crippen LogP contribution is 2.48. The summed E-state index contributed by atoms with van der Waals surface area (Å²) in [6.07, 6.45) is 66.8. The minimum Gasteiger partial charge on any atom is -0.0776 e. The molecule has 482 valence electrons. The fourth-order valence-corrected chi connectivity index (χ4v) is 16.1. The number of rotatable bonds is 10. The Morgan fingerprint density at radius 1 is 0.263 bits per heavy atom. The van der Waals surface area contributed by atoms with Crippen LogP contribution in [-0.4, -0.2) is 0 Å². The van der Waals surface area contributed by atoms with Crippen LogP contribution in [-0.2, 0) is 0 Å². The molecule has 0 heteroatoms. The average molecular weight is 1120 g/mol. The van der Waals surface area contributed by atoms with Gasteiger partial charge in [0.25, 0.3) is 0 Å². The molecule has 0 N–H and O–H groups in total. The third kappa shape index (κ3) is 33.2. The van der Waals surface area contributed by atoms with Gasteiger partial charge in [0.2, 0.25) is 0 Å². The van der Waals surface area contributed by atoms with Crippen molar-refractivity contribution in [3.05, 3.63) is 0 Å². The van der Waals surface area contributed by atoms with Crippen LogP contribution >= 0.6 is 0 Å². The van der Waals surface area contributed by atoms with Gasteiger partial charge in [-0.05, 0) is 188 Å². The Kier molecular flexibility index (Phi) is 40.5. The van der Waals surface area contributed by atoms with Gasteiger partial charge in [-0.1, -0.05) is 326 Å². The first-order chi connectivity index (χ1) is 37.1. The van der Waals surface area contributed by atoms with Crippen molar-refractivity contribution in [1.29, 1.82) is 0 Å². The van der Waals surface area contributed by atoms with Gasteiger partial charge in [-0.15, -0.1) is 0 Å². The Morgan fingerprint density at radius 2 is 0.575 bits per heavy atom. The van der Waals surface area contributed by atoms with E-state index in [1.807, 2.05) is 0 Å². The van der Waals surface area contributed by atoms with E-state index >= 15 is 0 Å². The zero-order valence-electron chi connectivity index (χ0n) is 59.8. The molecule has 0 saturated heterocycles. The van der Waals surface area contributed by atoms with Crippen LogP contribution in [0.15, 0.2) is 0 Å². The molecule has 0 amide bonds. The Morgan fingerprint density at radius 3 is 0.850 bits per heavy atom. The molecule has 0 nitrogen and oxygen atoms in total. The van der Waals surface area contributed by atoms with Crippen LogP contribution in [0.4, 0.5) is 0 Å². The summed E-state index contributed by atoms with van der Waals surface area (Å²) in [5, 5.41) is 0. The second-order valence-electron chi connectivity index (χ2n) is 33.9. The molecule has 8 aliphatic rings. The third-order valence-corrected chi connectivity index (χ3v) is 25.5. The molecule has 0 bridgehead atoms. The Hall–Kier alpha value is 0. The normalized spacial score (nSPS) is 31.5. The largest absolute Gasteiger partial charge is 0.0776 e. The molecule has 0 aromatic heterocycles. The van der Waals surface area contributed by atoms with E-state index in [1.54, 1.807) is 0 Å². The molecule has 80 heavy (non-hydrogen) atoms. The van der Waals surface area contributed by atoms with E-state index in [4.69, 9.17) is 0 Å². The smallest absolute Gasteiger partial charge is 0.0303 e. The van der Waals surface area contributed by atoms with Crippen molar-refractivity contribution in [3.8, 4) is 0 Å². The minimum absolute atomic E-state index is 0. The Bertz CT molecular complexity index is 1350. The summed E-state index contributed by atoms with van der Waals surface area (Å²) in [5.74, 6) is 2.95. The second kappa shape index (κ2) is 40.5. The maximum absolute atomic E-state index is 2.47. The highest BCUT2D eigenvalue weighted by Gasteiger charge is 2.35. The van der Waals surface area contributed by atoms with E-state index in [0.29, 0.717) is 27.1 Å². The van der Waals surface area contributed by atoms with Gasteiger partial charge >= 0.3 is 0 Å². The first-order valence-electron chi connectivity index (χ1n) is 37.1. The van der Waals surface area contributed by atoms with E-state index in [2.05, 4.69) is 145 Å². The lowest BCUT2D eigenvalue weighted by Crippen LogP contribution is -2.28. The quantitative estimate of drug-likeness (QED) is 0.205. The monoisotopic (exact) mass is 1120 g/mol. The van der Waals surface area contributed by atoms with Crippen molar-refractivity contribution < 1.29 is 0 Å². The molecular formula is C80H162. The van der Waals surface area contributed by atoms with E-state index in [-0.39, 0.29) is 7.43 Å². The van der Waals surface area contributed by atoms with Gasteiger partial charge in [-0.2, -0.15) is 0 Å². The highest BCUT2D eigenvalue weighted by molar-refractivity contribution is 4.86. The molecule has 8 saturated carbocycles. The summed E-state index contributed by atoms with van der Waals surface area (Å²) >= 11 is 0. The van der Waals surface area contributed by atoms with Gasteiger partial charge in [0.1, 0.15) is 0 Å². The van der Waals surface area contributed by atoms with E-state index in [1.165, 1.54) is 295 Å². The molecule has 4 atom stereocenters. The predicted molar refractivity (Wildman–Crippen MR) is 371 cm³/mol. The predicted octanol–water partition coefficient (Wildman–Crippen LogP) is 29.7. The average Bonchev–Trinajstić information content (AvgIpc) is 3.43. The minimum atomic E-state index is 0. The van der Waals surface area contributed by atoms with Gasteiger partial charge in [0.05, 0.1) is 0 Å². The molecule has 0 spiro atoms. The molecule has 8 fully saturated rings. The van der Waals surface area contributed by atoms with Crippen LogP contribution in [0.3, 0.4) is 0 Å². The first-order valence-corrected chi connectivity index (χ1v) is 37.1. The van der Waals surface area contributed by atoms with Crippen molar-refractivity contribution in [3.63, 3.8) is 0 Å². The molecule has 8 aliphatic carbocycles. The molecule has 0 aromatic rings. The molecule has 0 radical (unpaired) electrons. The summed E-state index contributed by atoms with van der Waals surface area (Å²) in [7, 11) is 0. The van der Waals surface area contributed by atoms with Crippen molar-refractivity contribution in [2.75, 3.05) is 0 Å². The lowest BCUT2D eigenvalue weighted by Gasteiger charge is -2.41. The Labute approximate surface area is 512 Å². The highest BCUT2D eigenvalue weighted by atomic mass is 14.4. The zero-order valence-corrected chi connectivity index (χ0v) is 59.8. The summed E-state index contributed by atoms with van der Waals surface area (Å²) in [5.41, 5.74) is 6.28. The van der Waals surface area contributed by atoms with Crippen LogP contribution < -0.4 is 0 Å². The van der Waals surface area contributed by atoms with E-state index < -0.39 is 0 Å². The standard InChI is InChI=1S/C11H22.5C10H20.2C9H18.CH4/c1-5-11(4)8-6-10(2,3)7-9-11;1-4-10(3)7-5-9(2)6-8-10;1-4-10(3)7-5-6-9(2)8-10;1-4-10(3)8-6-5-7-9(10)2;2*1-3-7-10(2)8-5-4-6-9-10;2*1-3-9(2)7-5-4-6-8-9;/h5-9H2,1-4H3;3*9H,4-8H2,1-3H3;2*3-9H2,1-2H3;2*3-8H2,1-2H3;1H4. The summed E-state index contributed by atoms with van der Waals surface area (Å²) < 4.78 is 0. The van der Waals surface area contributed by atoms with Crippen LogP contribution in [0.1, 0.15) is 448 Å². The van der Waals surface area contributed by atoms with Crippen molar-refractivity contribution in [2.24, 2.45) is 66.5 Å². The molecule has 0 aromatic carbocycles. The summed E-state index contributed by atoms with van der Waals surface area (Å²) in [4.78, 5) is 0. The zero-order chi connectivity index (χ0) is 59.8. The fourth-order valence-electron chi connectivity index (χ4n) is 16.1. The first kappa shape index (κ1) is 80.0. The third-order valence-electron chi connectivity index (χ3n) is 25.5. The van der Waals surface area contributed by atoms with Crippen LogP contribution in [0.5, 0.6) is 0 Å². The van der Waals surface area contributed by atoms with Gasteiger partial charge in [0.15, 0.2) is 0 Å². The van der Waals surface area contributed by atoms with Gasteiger partial charge in [0, 0.05) is 0 Å². The van der Waals surface area contributed by atoms with E-state index in [0.717, 1.165) is 39.4 Å². The van der Waals surface area contributed by atoms with Gasteiger partial charge in [-0.25, -0.2) is 0 Å². The second-order valence-corrected chi connectivity index (χ2v) is 33.9. The molecular weight excluding hydrogens is 961 g/mol. The molecule has 8 rings (SSSR count). The van der Waals surface area contributed by atoms with Gasteiger partial charge in [-0.3, -0.25) is 0 Å². The summed E-state index contributed by atoms with van der Waals surface area (Å²) in [6, 6.07) is 0. The molecule has 0 aliphatic heterocycles. The topological polar surface area (TPSA) is 0 Å². The van der Waals surface area contributed by atoms with Crippen LogP contribution in [0.25, 0.3) is 0 Å². The van der Waals surface area contributed by atoms with Crippen molar-refractivity contribution in [2.45, 2.75) is 448 Å². The lowest BCUT2D eigenvalue weighted by atomic mass is 9.65. The van der Waals surface area contributed by atoms with Crippen LogP contribution in [0.2, 0.25) is 0 Å². The maximum atomic E-state index is 2.47. The SMILES string of the molecule is C.CCC1(C)CCC(C)(C)CC1.CCC1(C)CCC(C)CC1.CCC1(C)CCCC(C)C1.CCC1(C)CCCCC1.CCC1(C)CCCCC1.CCC1(C)CCCCC1C.CCCC1(C)CCCCC1.CCCC1(C)CCCCC1.